The molecule has 1 N–H and O–H groups in total. The van der Waals surface area contributed by atoms with Crippen molar-refractivity contribution < 1.29 is 17.9 Å². The van der Waals surface area contributed by atoms with Gasteiger partial charge in [0.1, 0.15) is 0 Å². The van der Waals surface area contributed by atoms with E-state index in [2.05, 4.69) is 21.2 Å². The molecular formula is C11H12BrCl2NO4S. The topological polar surface area (TPSA) is 72.5 Å². The fourth-order valence-electron chi connectivity index (χ4n) is 1.38. The fourth-order valence-corrected chi connectivity index (χ4v) is 2.98. The van der Waals surface area contributed by atoms with Crippen LogP contribution >= 0.6 is 38.2 Å². The first-order valence-electron chi connectivity index (χ1n) is 5.48. The first-order valence-corrected chi connectivity index (χ1v) is 8.96. The Morgan fingerprint density at radius 2 is 2.10 bits per heavy atom. The molecule has 0 unspecified atom stereocenters. The number of nitrogens with one attached hydrogen (secondary N) is 1. The van der Waals surface area contributed by atoms with E-state index in [9.17, 15) is 13.2 Å². The number of amides is 1. The lowest BCUT2D eigenvalue weighted by atomic mass is 10.2. The minimum absolute atomic E-state index is 0.0395. The zero-order valence-corrected chi connectivity index (χ0v) is 14.4. The predicted octanol–water partition coefficient (Wildman–Crippen LogP) is 2.80. The number of carbonyl (C=O) groups excluding carboxylic acids is 1. The summed E-state index contributed by atoms with van der Waals surface area (Å²) >= 11 is 9.08. The second kappa shape index (κ2) is 7.61. The van der Waals surface area contributed by atoms with Gasteiger partial charge in [0.05, 0.1) is 15.5 Å². The van der Waals surface area contributed by atoms with E-state index in [0.29, 0.717) is 19.6 Å². The molecule has 112 valence electrons. The molecule has 0 aromatic heterocycles. The average Bonchev–Trinajstić information content (AvgIpc) is 2.36. The Labute approximate surface area is 135 Å². The van der Waals surface area contributed by atoms with Crippen molar-refractivity contribution in [1.82, 2.24) is 5.32 Å². The molecule has 0 radical (unpaired) electrons. The monoisotopic (exact) mass is 403 g/mol. The van der Waals surface area contributed by atoms with Gasteiger partial charge in [0.25, 0.3) is 15.0 Å². The van der Waals surface area contributed by atoms with Gasteiger partial charge in [-0.05, 0) is 34.5 Å². The highest BCUT2D eigenvalue weighted by Crippen LogP contribution is 2.31. The summed E-state index contributed by atoms with van der Waals surface area (Å²) in [4.78, 5) is 11.8. The van der Waals surface area contributed by atoms with E-state index in [4.69, 9.17) is 27.0 Å². The summed E-state index contributed by atoms with van der Waals surface area (Å²) in [6.45, 7) is 0.895. The van der Waals surface area contributed by atoms with Gasteiger partial charge in [-0.2, -0.15) is 0 Å². The molecule has 0 atom stereocenters. The van der Waals surface area contributed by atoms with Gasteiger partial charge in [-0.1, -0.05) is 11.6 Å². The zero-order valence-electron chi connectivity index (χ0n) is 10.5. The third-order valence-electron chi connectivity index (χ3n) is 2.34. The lowest BCUT2D eigenvalue weighted by Gasteiger charge is -2.09. The number of rotatable bonds is 6. The molecule has 1 rings (SSSR count). The van der Waals surface area contributed by atoms with Crippen molar-refractivity contribution in [1.29, 1.82) is 0 Å². The van der Waals surface area contributed by atoms with Gasteiger partial charge in [0.2, 0.25) is 0 Å². The predicted molar refractivity (Wildman–Crippen MR) is 81.0 cm³/mol. The van der Waals surface area contributed by atoms with Gasteiger partial charge in [0, 0.05) is 35.4 Å². The molecule has 9 heteroatoms. The van der Waals surface area contributed by atoms with Crippen LogP contribution < -0.4 is 5.32 Å². The Balaban J connectivity index is 2.99. The maximum Gasteiger partial charge on any atom is 0.261 e. The molecule has 0 aliphatic carbocycles. The number of ether oxygens (including phenoxy) is 1. The maximum absolute atomic E-state index is 12.0. The van der Waals surface area contributed by atoms with Crippen LogP contribution in [0, 0.1) is 0 Å². The van der Waals surface area contributed by atoms with E-state index in [-0.39, 0.29) is 20.0 Å². The standard InChI is InChI=1S/C11H12BrCl2NO4S/c1-19-4-2-3-15-11(16)8-5-7(20(14,17)18)6-9(12)10(8)13/h5-6H,2-4H2,1H3,(H,15,16). The van der Waals surface area contributed by atoms with Gasteiger partial charge in [0.15, 0.2) is 0 Å². The highest BCUT2D eigenvalue weighted by atomic mass is 79.9. The van der Waals surface area contributed by atoms with Crippen molar-refractivity contribution in [2.24, 2.45) is 0 Å². The normalized spacial score (nSPS) is 11.4. The van der Waals surface area contributed by atoms with Crippen molar-refractivity contribution in [2.45, 2.75) is 11.3 Å². The summed E-state index contributed by atoms with van der Waals surface area (Å²) in [5.74, 6) is -0.478. The van der Waals surface area contributed by atoms with Crippen molar-refractivity contribution >= 4 is 53.2 Å². The Morgan fingerprint density at radius 1 is 1.45 bits per heavy atom. The average molecular weight is 405 g/mol. The lowest BCUT2D eigenvalue weighted by molar-refractivity contribution is 0.0948. The van der Waals surface area contributed by atoms with Crippen LogP contribution in [0.15, 0.2) is 21.5 Å². The van der Waals surface area contributed by atoms with Crippen LogP contribution in [0.4, 0.5) is 0 Å². The number of hydrogen-bond acceptors (Lipinski definition) is 4. The molecule has 1 amide bonds. The van der Waals surface area contributed by atoms with Crippen LogP contribution in [-0.4, -0.2) is 34.6 Å². The third kappa shape index (κ3) is 4.89. The summed E-state index contributed by atoms with van der Waals surface area (Å²) < 4.78 is 27.8. The van der Waals surface area contributed by atoms with E-state index < -0.39 is 15.0 Å². The first kappa shape index (κ1) is 17.7. The van der Waals surface area contributed by atoms with Crippen LogP contribution in [0.1, 0.15) is 16.8 Å². The van der Waals surface area contributed by atoms with Crippen molar-refractivity contribution in [3.63, 3.8) is 0 Å². The molecule has 0 saturated carbocycles. The number of hydrogen-bond donors (Lipinski definition) is 1. The molecule has 0 saturated heterocycles. The number of benzene rings is 1. The van der Waals surface area contributed by atoms with E-state index in [1.54, 1.807) is 7.11 Å². The molecule has 0 aliphatic rings. The third-order valence-corrected chi connectivity index (χ3v) is 4.93. The highest BCUT2D eigenvalue weighted by Gasteiger charge is 2.19. The molecular weight excluding hydrogens is 393 g/mol. The van der Waals surface area contributed by atoms with E-state index >= 15 is 0 Å². The van der Waals surface area contributed by atoms with Crippen LogP contribution in [0.5, 0.6) is 0 Å². The Kier molecular flexibility index (Phi) is 6.74. The van der Waals surface area contributed by atoms with Gasteiger partial charge in [-0.3, -0.25) is 4.79 Å². The minimum atomic E-state index is -3.94. The van der Waals surface area contributed by atoms with Crippen molar-refractivity contribution in [3.05, 3.63) is 27.2 Å². The second-order valence-corrected chi connectivity index (χ2v) is 7.60. The van der Waals surface area contributed by atoms with E-state index in [1.165, 1.54) is 6.07 Å². The van der Waals surface area contributed by atoms with Crippen LogP contribution in [0.25, 0.3) is 0 Å². The number of halogens is 3. The van der Waals surface area contributed by atoms with Crippen molar-refractivity contribution in [2.75, 3.05) is 20.3 Å². The van der Waals surface area contributed by atoms with E-state index in [1.807, 2.05) is 0 Å². The molecule has 0 aliphatic heterocycles. The van der Waals surface area contributed by atoms with Crippen LogP contribution in [0.3, 0.4) is 0 Å². The molecule has 0 heterocycles. The lowest BCUT2D eigenvalue weighted by Crippen LogP contribution is -2.25. The second-order valence-electron chi connectivity index (χ2n) is 3.81. The molecule has 20 heavy (non-hydrogen) atoms. The molecule has 0 spiro atoms. The Morgan fingerprint density at radius 3 is 2.65 bits per heavy atom. The summed E-state index contributed by atoms with van der Waals surface area (Å²) in [7, 11) is 2.88. The quantitative estimate of drug-likeness (QED) is 0.584. The summed E-state index contributed by atoms with van der Waals surface area (Å²) in [5.41, 5.74) is 0.0395. The Hall–Kier alpha value is -0.340. The molecule has 1 aromatic rings. The fraction of sp³-hybridized carbons (Fsp3) is 0.364. The van der Waals surface area contributed by atoms with Gasteiger partial charge in [-0.25, -0.2) is 8.42 Å². The zero-order chi connectivity index (χ0) is 15.3. The molecule has 0 bridgehead atoms. The van der Waals surface area contributed by atoms with Gasteiger partial charge >= 0.3 is 0 Å². The summed E-state index contributed by atoms with van der Waals surface area (Å²) in [5, 5.41) is 2.74. The van der Waals surface area contributed by atoms with Gasteiger partial charge in [-0.15, -0.1) is 0 Å². The highest BCUT2D eigenvalue weighted by molar-refractivity contribution is 9.10. The maximum atomic E-state index is 12.0. The van der Waals surface area contributed by atoms with Crippen molar-refractivity contribution in [3.8, 4) is 0 Å². The minimum Gasteiger partial charge on any atom is -0.385 e. The summed E-state index contributed by atoms with van der Waals surface area (Å²) in [6, 6.07) is 2.38. The van der Waals surface area contributed by atoms with E-state index in [0.717, 1.165) is 6.07 Å². The first-order chi connectivity index (χ1) is 9.27. The number of carbonyl (C=O) groups is 1. The molecule has 1 aromatic carbocycles. The SMILES string of the molecule is COCCCNC(=O)c1cc(S(=O)(=O)Cl)cc(Br)c1Cl. The molecule has 0 fully saturated rings. The van der Waals surface area contributed by atoms with Gasteiger partial charge < -0.3 is 10.1 Å². The van der Waals surface area contributed by atoms with Crippen LogP contribution in [0.2, 0.25) is 5.02 Å². The number of methoxy groups -OCH3 is 1. The molecule has 5 nitrogen and oxygen atoms in total. The van der Waals surface area contributed by atoms with Crippen LogP contribution in [-0.2, 0) is 13.8 Å². The smallest absolute Gasteiger partial charge is 0.261 e. The summed E-state index contributed by atoms with van der Waals surface area (Å²) in [6.07, 6.45) is 0.633. The largest absolute Gasteiger partial charge is 0.385 e. The Bertz CT molecular complexity index is 607.